The van der Waals surface area contributed by atoms with Crippen molar-refractivity contribution in [3.63, 3.8) is 0 Å². The van der Waals surface area contributed by atoms with Crippen LogP contribution in [0.15, 0.2) is 35.1 Å². The van der Waals surface area contributed by atoms with Crippen LogP contribution in [0.3, 0.4) is 0 Å². The average molecular weight is 476 g/mol. The maximum atomic E-state index is 13.4. The second-order valence-electron chi connectivity index (χ2n) is 7.88. The van der Waals surface area contributed by atoms with E-state index in [1.54, 1.807) is 0 Å². The van der Waals surface area contributed by atoms with E-state index in [1.165, 1.54) is 0 Å². The minimum absolute atomic E-state index is 0.0500. The fraction of sp³-hybridized carbons (Fsp3) is 0.429. The third kappa shape index (κ3) is 2.35. The van der Waals surface area contributed by atoms with Crippen molar-refractivity contribution in [1.29, 1.82) is 0 Å². The molecule has 27 heavy (non-hydrogen) atoms. The first-order valence-corrected chi connectivity index (χ1v) is 10.6. The number of benzene rings is 1. The number of carbonyl (C=O) groups is 1. The summed E-state index contributed by atoms with van der Waals surface area (Å²) < 4.78 is 8.84. The Bertz CT molecular complexity index is 1000. The molecule has 1 aromatic carbocycles. The van der Waals surface area contributed by atoms with Gasteiger partial charge in [0.2, 0.25) is 5.43 Å². The molecule has 0 spiro atoms. The lowest BCUT2D eigenvalue weighted by Crippen LogP contribution is -2.55. The van der Waals surface area contributed by atoms with Gasteiger partial charge < -0.3 is 14.2 Å². The van der Waals surface area contributed by atoms with E-state index in [4.69, 9.17) is 4.74 Å². The Labute approximate surface area is 171 Å². The van der Waals surface area contributed by atoms with Gasteiger partial charge in [-0.1, -0.05) is 30.3 Å². The number of nitrogens with zero attached hydrogens (tertiary/aromatic N) is 2. The maximum absolute atomic E-state index is 13.4. The predicted molar refractivity (Wildman–Crippen MR) is 110 cm³/mol. The van der Waals surface area contributed by atoms with E-state index in [0.717, 1.165) is 43.5 Å². The number of fused-ring (bicyclic) bond motifs is 2. The van der Waals surface area contributed by atoms with Gasteiger partial charge in [-0.25, -0.2) is 0 Å². The Hall–Kier alpha value is -1.83. The molecule has 3 aliphatic rings. The van der Waals surface area contributed by atoms with E-state index < -0.39 is 0 Å². The summed E-state index contributed by atoms with van der Waals surface area (Å²) in [4.78, 5) is 28.5. The molecule has 6 heteroatoms. The predicted octanol–water partition coefficient (Wildman–Crippen LogP) is 3.53. The molecule has 0 bridgehead atoms. The van der Waals surface area contributed by atoms with Crippen molar-refractivity contribution in [3.05, 3.63) is 61.1 Å². The first-order chi connectivity index (χ1) is 13.0. The molecule has 1 aromatic heterocycles. The number of hydrogen-bond acceptors (Lipinski definition) is 3. The Morgan fingerprint density at radius 3 is 2.81 bits per heavy atom. The summed E-state index contributed by atoms with van der Waals surface area (Å²) in [6.07, 6.45) is 3.86. The van der Waals surface area contributed by atoms with Crippen molar-refractivity contribution in [2.24, 2.45) is 0 Å². The number of aromatic nitrogens is 1. The largest absolute Gasteiger partial charge is 0.483 e. The third-order valence-corrected chi connectivity index (χ3v) is 7.56. The Balaban J connectivity index is 1.66. The molecule has 1 amide bonds. The van der Waals surface area contributed by atoms with Gasteiger partial charge in [0, 0.05) is 12.2 Å². The molecule has 0 radical (unpaired) electrons. The van der Waals surface area contributed by atoms with Crippen LogP contribution in [0.5, 0.6) is 5.75 Å². The molecule has 2 atom stereocenters. The van der Waals surface area contributed by atoms with Crippen molar-refractivity contribution in [2.75, 3.05) is 6.54 Å². The summed E-state index contributed by atoms with van der Waals surface area (Å²) in [5, 5.41) is 0. The van der Waals surface area contributed by atoms with E-state index in [1.807, 2.05) is 35.2 Å². The first kappa shape index (κ1) is 17.3. The zero-order chi connectivity index (χ0) is 18.8. The number of carbonyl (C=O) groups excluding carboxylic acids is 1. The normalized spacial score (nSPS) is 25.5. The molecule has 0 aliphatic carbocycles. The monoisotopic (exact) mass is 476 g/mol. The topological polar surface area (TPSA) is 51.5 Å². The lowest BCUT2D eigenvalue weighted by Gasteiger charge is -2.46. The Morgan fingerprint density at radius 2 is 2.04 bits per heavy atom. The highest BCUT2D eigenvalue weighted by Gasteiger charge is 2.54. The number of hydrogen-bond donors (Lipinski definition) is 0. The van der Waals surface area contributed by atoms with Crippen LogP contribution in [-0.2, 0) is 13.0 Å². The van der Waals surface area contributed by atoms with Crippen LogP contribution in [0, 0.1) is 3.57 Å². The molecule has 0 N–H and O–H groups in total. The van der Waals surface area contributed by atoms with Crippen LogP contribution in [0.4, 0.5) is 0 Å². The number of pyridine rings is 1. The standard InChI is InChI=1S/C21H21IN2O3/c1-21-10-5-11-23(21)20(26)17-19(27-12-13-6-3-2-4-7-13)18(25)16(22)14-8-9-15(21)24(14)17/h2-4,6-7,15H,5,8-12H2,1H3. The van der Waals surface area contributed by atoms with Crippen LogP contribution < -0.4 is 10.2 Å². The summed E-state index contributed by atoms with van der Waals surface area (Å²) in [7, 11) is 0. The fourth-order valence-electron chi connectivity index (χ4n) is 5.11. The smallest absolute Gasteiger partial charge is 0.275 e. The summed E-state index contributed by atoms with van der Waals surface area (Å²) in [5.74, 6) is 0.170. The molecular formula is C21H21IN2O3. The van der Waals surface area contributed by atoms with Crippen molar-refractivity contribution in [3.8, 4) is 5.75 Å². The molecule has 2 aromatic rings. The molecule has 5 nitrogen and oxygen atoms in total. The van der Waals surface area contributed by atoms with Gasteiger partial charge in [-0.2, -0.15) is 0 Å². The SMILES string of the molecule is CC12CCCN1C(=O)c1c(OCc3ccccc3)c(=O)c(I)c3n1C2CC3. The van der Waals surface area contributed by atoms with E-state index in [-0.39, 0.29) is 35.3 Å². The van der Waals surface area contributed by atoms with Gasteiger partial charge >= 0.3 is 0 Å². The van der Waals surface area contributed by atoms with Crippen molar-refractivity contribution in [1.82, 2.24) is 9.47 Å². The van der Waals surface area contributed by atoms with Crippen molar-refractivity contribution < 1.29 is 9.53 Å². The van der Waals surface area contributed by atoms with Crippen LogP contribution in [0.1, 0.15) is 54.0 Å². The highest BCUT2D eigenvalue weighted by molar-refractivity contribution is 14.1. The summed E-state index contributed by atoms with van der Waals surface area (Å²) in [5.41, 5.74) is 2.16. The zero-order valence-corrected chi connectivity index (χ0v) is 17.4. The molecule has 3 aliphatic heterocycles. The van der Waals surface area contributed by atoms with Crippen LogP contribution in [-0.4, -0.2) is 27.5 Å². The van der Waals surface area contributed by atoms with Crippen molar-refractivity contribution in [2.45, 2.75) is 50.8 Å². The van der Waals surface area contributed by atoms with E-state index in [9.17, 15) is 9.59 Å². The zero-order valence-electron chi connectivity index (χ0n) is 15.2. The first-order valence-electron chi connectivity index (χ1n) is 9.48. The molecule has 1 fully saturated rings. The highest BCUT2D eigenvalue weighted by Crippen LogP contribution is 2.50. The maximum Gasteiger partial charge on any atom is 0.275 e. The van der Waals surface area contributed by atoms with Gasteiger partial charge in [-0.05, 0) is 60.8 Å². The van der Waals surface area contributed by atoms with Crippen LogP contribution in [0.25, 0.3) is 0 Å². The van der Waals surface area contributed by atoms with Crippen molar-refractivity contribution >= 4 is 28.5 Å². The molecule has 4 heterocycles. The fourth-order valence-corrected chi connectivity index (χ4v) is 5.89. The number of halogens is 1. The quantitative estimate of drug-likeness (QED) is 0.638. The number of ether oxygens (including phenoxy) is 1. The lowest BCUT2D eigenvalue weighted by molar-refractivity contribution is 0.0384. The van der Waals surface area contributed by atoms with Gasteiger partial charge in [-0.3, -0.25) is 9.59 Å². The molecule has 5 rings (SSSR count). The van der Waals surface area contributed by atoms with Crippen LogP contribution in [0.2, 0.25) is 0 Å². The summed E-state index contributed by atoms with van der Waals surface area (Å²) in [6, 6.07) is 9.99. The molecule has 1 saturated heterocycles. The van der Waals surface area contributed by atoms with Gasteiger partial charge in [-0.15, -0.1) is 0 Å². The van der Waals surface area contributed by atoms with E-state index >= 15 is 0 Å². The van der Waals surface area contributed by atoms with Crippen LogP contribution >= 0.6 is 22.6 Å². The Morgan fingerprint density at radius 1 is 1.26 bits per heavy atom. The highest BCUT2D eigenvalue weighted by atomic mass is 127. The number of rotatable bonds is 3. The second kappa shape index (κ2) is 6.09. The van der Waals surface area contributed by atoms with Gasteiger partial charge in [0.05, 0.1) is 15.2 Å². The minimum Gasteiger partial charge on any atom is -0.483 e. The summed E-state index contributed by atoms with van der Waals surface area (Å²) in [6.45, 7) is 3.25. The molecule has 140 valence electrons. The molecule has 2 unspecified atom stereocenters. The van der Waals surface area contributed by atoms with Gasteiger partial charge in [0.25, 0.3) is 5.91 Å². The molecule has 0 saturated carbocycles. The van der Waals surface area contributed by atoms with Gasteiger partial charge in [0.1, 0.15) is 6.61 Å². The minimum atomic E-state index is -0.149. The van der Waals surface area contributed by atoms with Gasteiger partial charge in [0.15, 0.2) is 11.4 Å². The number of amides is 1. The van der Waals surface area contributed by atoms with E-state index in [2.05, 4.69) is 34.1 Å². The lowest BCUT2D eigenvalue weighted by atomic mass is 9.85. The average Bonchev–Trinajstić information content (AvgIpc) is 3.28. The Kier molecular flexibility index (Phi) is 3.90. The molecular weight excluding hydrogens is 455 g/mol. The third-order valence-electron chi connectivity index (χ3n) is 6.44. The second-order valence-corrected chi connectivity index (χ2v) is 8.96. The summed E-state index contributed by atoms with van der Waals surface area (Å²) >= 11 is 2.13. The van der Waals surface area contributed by atoms with E-state index in [0.29, 0.717) is 9.26 Å².